The van der Waals surface area contributed by atoms with E-state index in [1.165, 1.54) is 0 Å². The van der Waals surface area contributed by atoms with Crippen LogP contribution in [0, 0.1) is 0 Å². The van der Waals surface area contributed by atoms with Gasteiger partial charge in [-0.15, -0.1) is 0 Å². The van der Waals surface area contributed by atoms with Crippen LogP contribution >= 0.6 is 0 Å². The van der Waals surface area contributed by atoms with E-state index in [-0.39, 0.29) is 12.5 Å². The highest BCUT2D eigenvalue weighted by Gasteiger charge is 2.16. The van der Waals surface area contributed by atoms with E-state index in [1.54, 1.807) is 7.11 Å². The molecular formula is C27H40N2O4. The van der Waals surface area contributed by atoms with Crippen LogP contribution in [-0.2, 0) is 11.3 Å². The Labute approximate surface area is 199 Å². The summed E-state index contributed by atoms with van der Waals surface area (Å²) in [4.78, 5) is 17.3. The SMILES string of the molecule is CCCCOc1ccc(OCC(=O)N(CCCN(CC)CC)Cc2cccc(OC)c2)cc1. The molecule has 6 heteroatoms. The molecule has 0 fully saturated rings. The third-order valence-corrected chi connectivity index (χ3v) is 5.61. The standard InChI is InChI=1S/C27H40N2O4/c1-5-8-19-32-24-13-15-25(16-14-24)33-22-27(30)29(18-10-17-28(6-2)7-3)21-23-11-9-12-26(20-23)31-4/h9,11-16,20H,5-8,10,17-19,21-22H2,1-4H3. The molecule has 33 heavy (non-hydrogen) atoms. The molecule has 0 aliphatic rings. The van der Waals surface area contributed by atoms with Crippen LogP contribution in [0.3, 0.4) is 0 Å². The lowest BCUT2D eigenvalue weighted by Gasteiger charge is -2.25. The number of unbranched alkanes of at least 4 members (excludes halogenated alkanes) is 1. The molecule has 0 atom stereocenters. The highest BCUT2D eigenvalue weighted by atomic mass is 16.5. The summed E-state index contributed by atoms with van der Waals surface area (Å²) in [6, 6.07) is 15.3. The minimum atomic E-state index is -0.0272. The van der Waals surface area contributed by atoms with Crippen molar-refractivity contribution in [1.82, 2.24) is 9.80 Å². The molecule has 0 saturated heterocycles. The number of benzene rings is 2. The second-order valence-electron chi connectivity index (χ2n) is 8.01. The number of hydrogen-bond acceptors (Lipinski definition) is 5. The van der Waals surface area contributed by atoms with Crippen molar-refractivity contribution in [2.24, 2.45) is 0 Å². The van der Waals surface area contributed by atoms with Crippen LogP contribution in [0.25, 0.3) is 0 Å². The number of amides is 1. The largest absolute Gasteiger partial charge is 0.497 e. The molecule has 182 valence electrons. The summed E-state index contributed by atoms with van der Waals surface area (Å²) in [5.41, 5.74) is 1.04. The number of hydrogen-bond donors (Lipinski definition) is 0. The van der Waals surface area contributed by atoms with Gasteiger partial charge < -0.3 is 24.0 Å². The van der Waals surface area contributed by atoms with E-state index in [1.807, 2.05) is 53.4 Å². The molecule has 0 unspecified atom stereocenters. The van der Waals surface area contributed by atoms with Crippen molar-refractivity contribution in [1.29, 1.82) is 0 Å². The average Bonchev–Trinajstić information content (AvgIpc) is 2.85. The summed E-state index contributed by atoms with van der Waals surface area (Å²) in [5, 5.41) is 0. The van der Waals surface area contributed by atoms with E-state index in [0.717, 1.165) is 56.0 Å². The number of carbonyl (C=O) groups excluding carboxylic acids is 1. The number of methoxy groups -OCH3 is 1. The van der Waals surface area contributed by atoms with E-state index >= 15 is 0 Å². The number of nitrogens with zero attached hydrogens (tertiary/aromatic N) is 2. The average molecular weight is 457 g/mol. The van der Waals surface area contributed by atoms with E-state index in [4.69, 9.17) is 14.2 Å². The lowest BCUT2D eigenvalue weighted by Crippen LogP contribution is -2.37. The van der Waals surface area contributed by atoms with Crippen LogP contribution in [0.1, 0.15) is 45.6 Å². The predicted octanol–water partition coefficient (Wildman–Crippen LogP) is 5.01. The van der Waals surface area contributed by atoms with Gasteiger partial charge in [-0.05, 0) is 74.4 Å². The van der Waals surface area contributed by atoms with Crippen LogP contribution in [0.15, 0.2) is 48.5 Å². The molecule has 2 aromatic rings. The second-order valence-corrected chi connectivity index (χ2v) is 8.01. The summed E-state index contributed by atoms with van der Waals surface area (Å²) in [5.74, 6) is 2.25. The van der Waals surface area contributed by atoms with Crippen LogP contribution in [0.4, 0.5) is 0 Å². The van der Waals surface area contributed by atoms with Crippen molar-refractivity contribution in [3.8, 4) is 17.2 Å². The zero-order valence-corrected chi connectivity index (χ0v) is 20.7. The fourth-order valence-corrected chi connectivity index (χ4v) is 3.51. The normalized spacial score (nSPS) is 10.8. The molecule has 6 nitrogen and oxygen atoms in total. The highest BCUT2D eigenvalue weighted by Crippen LogP contribution is 2.19. The van der Waals surface area contributed by atoms with Crippen molar-refractivity contribution < 1.29 is 19.0 Å². The van der Waals surface area contributed by atoms with E-state index in [9.17, 15) is 4.79 Å². The first-order valence-electron chi connectivity index (χ1n) is 12.1. The molecule has 0 heterocycles. The molecular weight excluding hydrogens is 416 g/mol. The Kier molecular flexibility index (Phi) is 12.2. The quantitative estimate of drug-likeness (QED) is 0.332. The third kappa shape index (κ3) is 9.74. The molecule has 1 amide bonds. The van der Waals surface area contributed by atoms with Crippen molar-refractivity contribution in [2.45, 2.75) is 46.6 Å². The van der Waals surface area contributed by atoms with Crippen LogP contribution in [0.2, 0.25) is 0 Å². The Morgan fingerprint density at radius 2 is 1.55 bits per heavy atom. The Balaban J connectivity index is 1.96. The maximum Gasteiger partial charge on any atom is 0.260 e. The van der Waals surface area contributed by atoms with Crippen molar-refractivity contribution in [2.75, 3.05) is 46.5 Å². The lowest BCUT2D eigenvalue weighted by atomic mass is 10.2. The zero-order chi connectivity index (χ0) is 23.9. The Bertz CT molecular complexity index is 806. The minimum Gasteiger partial charge on any atom is -0.497 e. The van der Waals surface area contributed by atoms with E-state index in [0.29, 0.717) is 25.4 Å². The first-order valence-corrected chi connectivity index (χ1v) is 12.1. The summed E-state index contributed by atoms with van der Waals surface area (Å²) < 4.78 is 16.8. The third-order valence-electron chi connectivity index (χ3n) is 5.61. The molecule has 0 spiro atoms. The van der Waals surface area contributed by atoms with Crippen LogP contribution in [-0.4, -0.2) is 62.2 Å². The van der Waals surface area contributed by atoms with Gasteiger partial charge >= 0.3 is 0 Å². The fourth-order valence-electron chi connectivity index (χ4n) is 3.51. The molecule has 2 rings (SSSR count). The monoisotopic (exact) mass is 456 g/mol. The molecule has 0 aliphatic carbocycles. The van der Waals surface area contributed by atoms with Gasteiger partial charge in [0.2, 0.25) is 0 Å². The molecule has 0 radical (unpaired) electrons. The van der Waals surface area contributed by atoms with Gasteiger partial charge in [0, 0.05) is 13.1 Å². The van der Waals surface area contributed by atoms with E-state index < -0.39 is 0 Å². The van der Waals surface area contributed by atoms with Crippen LogP contribution in [0.5, 0.6) is 17.2 Å². The number of carbonyl (C=O) groups is 1. The van der Waals surface area contributed by atoms with Gasteiger partial charge in [0.25, 0.3) is 5.91 Å². The zero-order valence-electron chi connectivity index (χ0n) is 20.7. The molecule has 0 aliphatic heterocycles. The van der Waals surface area contributed by atoms with Gasteiger partial charge in [-0.1, -0.05) is 39.3 Å². The molecule has 2 aromatic carbocycles. The minimum absolute atomic E-state index is 0.00523. The summed E-state index contributed by atoms with van der Waals surface area (Å²) in [6.07, 6.45) is 3.05. The summed E-state index contributed by atoms with van der Waals surface area (Å²) in [7, 11) is 1.65. The maximum atomic E-state index is 13.1. The van der Waals surface area contributed by atoms with Gasteiger partial charge in [0.05, 0.1) is 13.7 Å². The van der Waals surface area contributed by atoms with E-state index in [2.05, 4.69) is 25.7 Å². The summed E-state index contributed by atoms with van der Waals surface area (Å²) in [6.45, 7) is 11.4. The first-order chi connectivity index (χ1) is 16.1. The Morgan fingerprint density at radius 1 is 0.848 bits per heavy atom. The maximum absolute atomic E-state index is 13.1. The van der Waals surface area contributed by atoms with Gasteiger partial charge in [0.15, 0.2) is 6.61 Å². The Hall–Kier alpha value is -2.73. The predicted molar refractivity (Wildman–Crippen MR) is 133 cm³/mol. The van der Waals surface area contributed by atoms with Crippen molar-refractivity contribution in [3.63, 3.8) is 0 Å². The Morgan fingerprint density at radius 3 is 2.18 bits per heavy atom. The summed E-state index contributed by atoms with van der Waals surface area (Å²) >= 11 is 0. The molecule has 0 N–H and O–H groups in total. The lowest BCUT2D eigenvalue weighted by molar-refractivity contribution is -0.134. The fraction of sp³-hybridized carbons (Fsp3) is 0.519. The highest BCUT2D eigenvalue weighted by molar-refractivity contribution is 5.77. The first kappa shape index (κ1) is 26.5. The topological polar surface area (TPSA) is 51.2 Å². The van der Waals surface area contributed by atoms with Crippen molar-refractivity contribution in [3.05, 3.63) is 54.1 Å². The molecule has 0 bridgehead atoms. The van der Waals surface area contributed by atoms with Gasteiger partial charge in [-0.2, -0.15) is 0 Å². The number of ether oxygens (including phenoxy) is 3. The van der Waals surface area contributed by atoms with Gasteiger partial charge in [0.1, 0.15) is 17.2 Å². The smallest absolute Gasteiger partial charge is 0.260 e. The molecule has 0 aromatic heterocycles. The number of rotatable bonds is 16. The molecule has 0 saturated carbocycles. The second kappa shape index (κ2) is 15.2. The van der Waals surface area contributed by atoms with Gasteiger partial charge in [-0.3, -0.25) is 4.79 Å². The van der Waals surface area contributed by atoms with Crippen LogP contribution < -0.4 is 14.2 Å². The van der Waals surface area contributed by atoms with Crippen molar-refractivity contribution >= 4 is 5.91 Å². The van der Waals surface area contributed by atoms with Gasteiger partial charge in [-0.25, -0.2) is 0 Å².